The Hall–Kier alpha value is -0.730. The average molecular weight is 540 g/mol. The molecule has 2 unspecified atom stereocenters. The van der Waals surface area contributed by atoms with E-state index in [-0.39, 0.29) is 36.5 Å². The van der Waals surface area contributed by atoms with Crippen molar-refractivity contribution in [2.24, 2.45) is 5.41 Å². The zero-order chi connectivity index (χ0) is 23.0. The summed E-state index contributed by atoms with van der Waals surface area (Å²) >= 11 is 13.7. The Bertz CT molecular complexity index is 474. The summed E-state index contributed by atoms with van der Waals surface area (Å²) in [5.41, 5.74) is -1.05. The van der Waals surface area contributed by atoms with Gasteiger partial charge in [-0.05, 0) is 76.2 Å². The molecule has 30 heavy (non-hydrogen) atoms. The molecule has 0 saturated heterocycles. The number of rotatable bonds is 4. The number of esters is 2. The van der Waals surface area contributed by atoms with Crippen LogP contribution in [-0.4, -0.2) is 40.8 Å². The van der Waals surface area contributed by atoms with Gasteiger partial charge in [-0.25, -0.2) is 4.79 Å². The molecule has 1 aliphatic rings. The lowest BCUT2D eigenvalue weighted by molar-refractivity contribution is -0.150. The Labute approximate surface area is 199 Å². The van der Waals surface area contributed by atoms with E-state index in [0.717, 1.165) is 25.7 Å². The van der Waals surface area contributed by atoms with E-state index in [1.807, 2.05) is 0 Å². The molecule has 0 N–H and O–H groups in total. The van der Waals surface area contributed by atoms with Crippen molar-refractivity contribution in [1.82, 2.24) is 0 Å². The molecule has 1 fully saturated rings. The standard InChI is InChI=1S/C9H15ClO3.C6H11ClO2.C4H7BrO2.CH4/c1-7(10)12-9(11)13-8-5-3-2-4-6-8;1-6(2,3)5(8)9-4-7;1-3(5)7-4(2)6;/h7-8H,2-6H2,1H3;4H2,1-3H3;3H,1-2H3;1H4. The second-order valence-corrected chi connectivity index (χ2v) is 9.35. The van der Waals surface area contributed by atoms with Gasteiger partial charge in [-0.3, -0.25) is 9.59 Å². The van der Waals surface area contributed by atoms with Crippen molar-refractivity contribution < 1.29 is 33.3 Å². The van der Waals surface area contributed by atoms with Crippen molar-refractivity contribution in [2.45, 2.75) is 97.8 Å². The molecule has 1 saturated carbocycles. The van der Waals surface area contributed by atoms with Crippen LogP contribution >= 0.6 is 39.1 Å². The molecule has 0 aliphatic heterocycles. The minimum absolute atomic E-state index is 0. The van der Waals surface area contributed by atoms with Gasteiger partial charge in [-0.15, -0.1) is 0 Å². The van der Waals surface area contributed by atoms with E-state index in [0.29, 0.717) is 0 Å². The lowest BCUT2D eigenvalue weighted by Crippen LogP contribution is -2.22. The maximum Gasteiger partial charge on any atom is 0.510 e. The Morgan fingerprint density at radius 3 is 1.83 bits per heavy atom. The highest BCUT2D eigenvalue weighted by Crippen LogP contribution is 2.21. The molecule has 0 spiro atoms. The van der Waals surface area contributed by atoms with Crippen molar-refractivity contribution in [3.05, 3.63) is 0 Å². The smallest absolute Gasteiger partial charge is 0.451 e. The molecule has 2 atom stereocenters. The van der Waals surface area contributed by atoms with Gasteiger partial charge in [0, 0.05) is 6.92 Å². The minimum Gasteiger partial charge on any atom is -0.451 e. The Balaban J connectivity index is -0.000000380. The Morgan fingerprint density at radius 2 is 1.57 bits per heavy atom. The predicted octanol–water partition coefficient (Wildman–Crippen LogP) is 6.76. The van der Waals surface area contributed by atoms with Crippen LogP contribution in [0.1, 0.15) is 81.1 Å². The molecule has 10 heteroatoms. The first-order valence-electron chi connectivity index (χ1n) is 9.35. The van der Waals surface area contributed by atoms with Gasteiger partial charge in [-0.2, -0.15) is 0 Å². The lowest BCUT2D eigenvalue weighted by atomic mass is 9.98. The number of hydrogen-bond acceptors (Lipinski definition) is 7. The van der Waals surface area contributed by atoms with Gasteiger partial charge in [0.05, 0.1) is 5.41 Å². The number of hydrogen-bond donors (Lipinski definition) is 0. The first kappa shape index (κ1) is 33.9. The van der Waals surface area contributed by atoms with Crippen LogP contribution in [0.5, 0.6) is 0 Å². The molecule has 0 aromatic carbocycles. The average Bonchev–Trinajstić information content (AvgIpc) is 2.54. The molecule has 1 aliphatic carbocycles. The van der Waals surface area contributed by atoms with E-state index in [2.05, 4.69) is 30.1 Å². The first-order chi connectivity index (χ1) is 13.3. The number of ether oxygens (including phenoxy) is 4. The van der Waals surface area contributed by atoms with E-state index in [1.54, 1.807) is 34.6 Å². The number of carbonyl (C=O) groups is 3. The van der Waals surface area contributed by atoms with Crippen LogP contribution in [0.4, 0.5) is 4.79 Å². The highest BCUT2D eigenvalue weighted by atomic mass is 79.9. The molecule has 0 bridgehead atoms. The van der Waals surface area contributed by atoms with Crippen LogP contribution in [-0.2, 0) is 28.5 Å². The van der Waals surface area contributed by atoms with Crippen LogP contribution in [0, 0.1) is 5.41 Å². The molecule has 0 heterocycles. The van der Waals surface area contributed by atoms with Crippen molar-refractivity contribution in [3.63, 3.8) is 0 Å². The van der Waals surface area contributed by atoms with E-state index in [9.17, 15) is 14.4 Å². The Morgan fingerprint density at radius 1 is 1.07 bits per heavy atom. The molecule has 0 amide bonds. The third-order valence-corrected chi connectivity index (χ3v) is 3.59. The summed E-state index contributed by atoms with van der Waals surface area (Å²) in [6.45, 7) is 10.0. The Kier molecular flexibility index (Phi) is 21.5. The number of alkyl halides is 3. The van der Waals surface area contributed by atoms with Gasteiger partial charge in [0.1, 0.15) is 6.10 Å². The van der Waals surface area contributed by atoms with Gasteiger partial charge >= 0.3 is 18.1 Å². The van der Waals surface area contributed by atoms with Crippen molar-refractivity contribution in [1.29, 1.82) is 0 Å². The third-order valence-electron chi connectivity index (χ3n) is 3.20. The molecule has 1 rings (SSSR count). The van der Waals surface area contributed by atoms with E-state index in [1.165, 1.54) is 13.3 Å². The molecular formula is C20H37BrCl2O7. The van der Waals surface area contributed by atoms with E-state index in [4.69, 9.17) is 27.9 Å². The van der Waals surface area contributed by atoms with Gasteiger partial charge < -0.3 is 18.9 Å². The molecule has 0 aromatic rings. The highest BCUT2D eigenvalue weighted by molar-refractivity contribution is 9.09. The summed E-state index contributed by atoms with van der Waals surface area (Å²) in [6, 6.07) is -0.0594. The zero-order valence-corrected chi connectivity index (χ0v) is 21.1. The second kappa shape index (κ2) is 19.0. The van der Waals surface area contributed by atoms with Gasteiger partial charge in [0.15, 0.2) is 16.6 Å². The van der Waals surface area contributed by atoms with Crippen LogP contribution in [0.2, 0.25) is 0 Å². The monoisotopic (exact) mass is 538 g/mol. The van der Waals surface area contributed by atoms with Crippen molar-refractivity contribution >= 4 is 57.2 Å². The maximum atomic E-state index is 11.0. The van der Waals surface area contributed by atoms with Gasteiger partial charge in [-0.1, -0.05) is 37.0 Å². The van der Waals surface area contributed by atoms with Crippen LogP contribution in [0.3, 0.4) is 0 Å². The quantitative estimate of drug-likeness (QED) is 0.221. The van der Waals surface area contributed by atoms with E-state index < -0.39 is 17.1 Å². The van der Waals surface area contributed by atoms with Crippen molar-refractivity contribution in [2.75, 3.05) is 6.07 Å². The minimum atomic E-state index is -0.644. The molecule has 0 radical (unpaired) electrons. The largest absolute Gasteiger partial charge is 0.510 e. The van der Waals surface area contributed by atoms with E-state index >= 15 is 0 Å². The fourth-order valence-corrected chi connectivity index (χ4v) is 2.41. The highest BCUT2D eigenvalue weighted by Gasteiger charge is 2.22. The topological polar surface area (TPSA) is 88.1 Å². The zero-order valence-electron chi connectivity index (χ0n) is 18.0. The number of carbonyl (C=O) groups excluding carboxylic acids is 3. The van der Waals surface area contributed by atoms with Crippen LogP contribution in [0.25, 0.3) is 0 Å². The van der Waals surface area contributed by atoms with Gasteiger partial charge in [0.2, 0.25) is 0 Å². The fourth-order valence-electron chi connectivity index (χ4n) is 1.97. The first-order valence-corrected chi connectivity index (χ1v) is 11.2. The number of halogens is 3. The summed E-state index contributed by atoms with van der Waals surface area (Å²) in [5, 5.41) is -0.162. The van der Waals surface area contributed by atoms with Crippen LogP contribution < -0.4 is 0 Å². The normalized spacial score (nSPS) is 15.4. The van der Waals surface area contributed by atoms with Crippen LogP contribution in [0.15, 0.2) is 0 Å². The molecule has 0 aromatic heterocycles. The predicted molar refractivity (Wildman–Crippen MR) is 123 cm³/mol. The summed E-state index contributed by atoms with van der Waals surface area (Å²) in [7, 11) is 0. The summed E-state index contributed by atoms with van der Waals surface area (Å²) < 4.78 is 18.8. The second-order valence-electron chi connectivity index (χ2n) is 7.23. The summed E-state index contributed by atoms with van der Waals surface area (Å²) in [4.78, 5) is 31.8. The van der Waals surface area contributed by atoms with Crippen molar-refractivity contribution in [3.8, 4) is 0 Å². The summed E-state index contributed by atoms with van der Waals surface area (Å²) in [5.74, 6) is -0.526. The fraction of sp³-hybridized carbons (Fsp3) is 0.850. The molecule has 180 valence electrons. The molecular weight excluding hydrogens is 503 g/mol. The third kappa shape index (κ3) is 23.5. The molecule has 7 nitrogen and oxygen atoms in total. The maximum absolute atomic E-state index is 11.0. The van der Waals surface area contributed by atoms with Gasteiger partial charge in [0.25, 0.3) is 0 Å². The summed E-state index contributed by atoms with van der Waals surface area (Å²) in [6.07, 6.45) is 4.80. The SMILES string of the molecule is C.CC(=O)OC(C)Br.CC(C)(C)C(=O)OCCl.CC(Cl)OC(=O)OC1CCCCC1. The lowest BCUT2D eigenvalue weighted by Gasteiger charge is -2.21.